The highest BCUT2D eigenvalue weighted by atomic mass is 32.2. The van der Waals surface area contributed by atoms with E-state index in [0.717, 1.165) is 5.56 Å². The lowest BCUT2D eigenvalue weighted by Gasteiger charge is -2.06. The first-order valence-electron chi connectivity index (χ1n) is 4.31. The summed E-state index contributed by atoms with van der Waals surface area (Å²) in [4.78, 5) is 0.651. The molecular formula is C10H15NOS. The van der Waals surface area contributed by atoms with E-state index in [0.29, 0.717) is 10.6 Å². The summed E-state index contributed by atoms with van der Waals surface area (Å²) in [5.74, 6) is 0.384. The molecule has 2 nitrogen and oxygen atoms in total. The van der Waals surface area contributed by atoms with Gasteiger partial charge in [-0.3, -0.25) is 0 Å². The maximum absolute atomic E-state index is 11.7. The third-order valence-corrected chi connectivity index (χ3v) is 4.09. The third kappa shape index (κ3) is 2.10. The molecule has 0 fully saturated rings. The van der Waals surface area contributed by atoms with Crippen molar-refractivity contribution in [3.05, 3.63) is 29.3 Å². The van der Waals surface area contributed by atoms with E-state index in [1.54, 1.807) is 13.0 Å². The lowest BCUT2D eigenvalue weighted by atomic mass is 10.1. The molecule has 0 radical (unpaired) electrons. The highest BCUT2D eigenvalue weighted by molar-refractivity contribution is 7.92. The van der Waals surface area contributed by atoms with Gasteiger partial charge in [0.25, 0.3) is 0 Å². The molecule has 72 valence electrons. The zero-order valence-corrected chi connectivity index (χ0v) is 9.07. The summed E-state index contributed by atoms with van der Waals surface area (Å²) in [6.07, 6.45) is 0. The molecule has 3 heteroatoms. The molecular weight excluding hydrogens is 182 g/mol. The van der Waals surface area contributed by atoms with Crippen molar-refractivity contribution in [3.63, 3.8) is 0 Å². The predicted octanol–water partition coefficient (Wildman–Crippen LogP) is 2.73. The summed E-state index contributed by atoms with van der Waals surface area (Å²) >= 11 is 0. The van der Waals surface area contributed by atoms with E-state index in [-0.39, 0.29) is 0 Å². The first-order chi connectivity index (χ1) is 5.97. The van der Waals surface area contributed by atoms with Gasteiger partial charge < -0.3 is 0 Å². The molecule has 0 saturated heterocycles. The molecule has 1 aromatic rings. The first kappa shape index (κ1) is 10.3. The lowest BCUT2D eigenvalue weighted by molar-refractivity contribution is 0.675. The molecule has 0 aliphatic heterocycles. The molecule has 0 aliphatic rings. The van der Waals surface area contributed by atoms with Gasteiger partial charge in [-0.2, -0.15) is 0 Å². The van der Waals surface area contributed by atoms with E-state index in [1.807, 2.05) is 26.0 Å². The SMILES string of the molecule is CCS(=N)(=O)c1ccc(C)c(C)c1. The van der Waals surface area contributed by atoms with Gasteiger partial charge in [-0.05, 0) is 37.1 Å². The smallest absolute Gasteiger partial charge is 0.0723 e. The molecule has 0 spiro atoms. The molecule has 1 rings (SSSR count). The fourth-order valence-corrected chi connectivity index (χ4v) is 2.07. The van der Waals surface area contributed by atoms with Crippen molar-refractivity contribution in [1.29, 1.82) is 4.78 Å². The monoisotopic (exact) mass is 197 g/mol. The van der Waals surface area contributed by atoms with Crippen LogP contribution in [0.2, 0.25) is 0 Å². The summed E-state index contributed by atoms with van der Waals surface area (Å²) in [6.45, 7) is 5.77. The standard InChI is InChI=1S/C10H15NOS/c1-4-13(11,12)10-6-5-8(2)9(3)7-10/h5-7,11H,4H2,1-3H3. The minimum absolute atomic E-state index is 0.384. The highest BCUT2D eigenvalue weighted by Gasteiger charge is 2.07. The van der Waals surface area contributed by atoms with Gasteiger partial charge in [0.2, 0.25) is 0 Å². The van der Waals surface area contributed by atoms with Gasteiger partial charge >= 0.3 is 0 Å². The molecule has 0 saturated carbocycles. The zero-order valence-electron chi connectivity index (χ0n) is 8.26. The van der Waals surface area contributed by atoms with Crippen LogP contribution < -0.4 is 0 Å². The summed E-state index contributed by atoms with van der Waals surface area (Å²) in [6, 6.07) is 5.57. The minimum Gasteiger partial charge on any atom is -0.249 e. The largest absolute Gasteiger partial charge is 0.249 e. The molecule has 0 amide bonds. The second-order valence-corrected chi connectivity index (χ2v) is 5.61. The Morgan fingerprint density at radius 3 is 2.38 bits per heavy atom. The Bertz CT molecular complexity index is 407. The van der Waals surface area contributed by atoms with Gasteiger partial charge in [-0.1, -0.05) is 13.0 Å². The van der Waals surface area contributed by atoms with Crippen molar-refractivity contribution < 1.29 is 4.21 Å². The van der Waals surface area contributed by atoms with Crippen molar-refractivity contribution in [2.45, 2.75) is 25.7 Å². The average molecular weight is 197 g/mol. The number of nitrogens with one attached hydrogen (secondary N) is 1. The topological polar surface area (TPSA) is 40.9 Å². The molecule has 1 N–H and O–H groups in total. The van der Waals surface area contributed by atoms with E-state index in [2.05, 4.69) is 0 Å². The van der Waals surface area contributed by atoms with Crippen LogP contribution in [-0.4, -0.2) is 9.96 Å². The van der Waals surface area contributed by atoms with Gasteiger partial charge in [0.15, 0.2) is 0 Å². The van der Waals surface area contributed by atoms with E-state index < -0.39 is 9.73 Å². The van der Waals surface area contributed by atoms with Crippen LogP contribution in [0.4, 0.5) is 0 Å². The molecule has 13 heavy (non-hydrogen) atoms. The van der Waals surface area contributed by atoms with Gasteiger partial charge in [-0.15, -0.1) is 0 Å². The fourth-order valence-electron chi connectivity index (χ4n) is 1.09. The second-order valence-electron chi connectivity index (χ2n) is 3.21. The van der Waals surface area contributed by atoms with Crippen LogP contribution in [0.3, 0.4) is 0 Å². The van der Waals surface area contributed by atoms with Crippen LogP contribution in [0.25, 0.3) is 0 Å². The van der Waals surface area contributed by atoms with Gasteiger partial charge in [0.05, 0.1) is 9.73 Å². The van der Waals surface area contributed by atoms with Crippen LogP contribution in [0.1, 0.15) is 18.1 Å². The van der Waals surface area contributed by atoms with E-state index >= 15 is 0 Å². The second kappa shape index (κ2) is 3.50. The Hall–Kier alpha value is -0.830. The first-order valence-corrected chi connectivity index (χ1v) is 6.04. The van der Waals surface area contributed by atoms with Crippen LogP contribution in [-0.2, 0) is 9.73 Å². The fraction of sp³-hybridized carbons (Fsp3) is 0.400. The lowest BCUT2D eigenvalue weighted by Crippen LogP contribution is -2.02. The predicted molar refractivity (Wildman–Crippen MR) is 55.6 cm³/mol. The molecule has 1 unspecified atom stereocenters. The number of rotatable bonds is 2. The van der Waals surface area contributed by atoms with Crippen molar-refractivity contribution in [2.24, 2.45) is 0 Å². The van der Waals surface area contributed by atoms with Crippen molar-refractivity contribution in [1.82, 2.24) is 0 Å². The maximum Gasteiger partial charge on any atom is 0.0723 e. The number of aryl methyl sites for hydroxylation is 2. The van der Waals surface area contributed by atoms with E-state index in [9.17, 15) is 4.21 Å². The van der Waals surface area contributed by atoms with Gasteiger partial charge in [0, 0.05) is 10.6 Å². The Labute approximate surface area is 80.0 Å². The number of benzene rings is 1. The molecule has 1 atom stereocenters. The minimum atomic E-state index is -2.54. The van der Waals surface area contributed by atoms with Crippen molar-refractivity contribution >= 4 is 9.73 Å². The Balaban J connectivity index is 3.27. The number of hydrogen-bond donors (Lipinski definition) is 1. The molecule has 0 aromatic heterocycles. The molecule has 1 aromatic carbocycles. The van der Waals surface area contributed by atoms with Gasteiger partial charge in [-0.25, -0.2) is 8.99 Å². The van der Waals surface area contributed by atoms with Crippen LogP contribution in [0, 0.1) is 18.6 Å². The Morgan fingerprint density at radius 2 is 1.92 bits per heavy atom. The van der Waals surface area contributed by atoms with E-state index in [1.165, 1.54) is 5.56 Å². The van der Waals surface area contributed by atoms with Crippen LogP contribution >= 0.6 is 0 Å². The Morgan fingerprint density at radius 1 is 1.31 bits per heavy atom. The summed E-state index contributed by atoms with van der Waals surface area (Å²) < 4.78 is 19.3. The third-order valence-electron chi connectivity index (χ3n) is 2.27. The Kier molecular flexibility index (Phi) is 2.76. The molecule has 0 heterocycles. The normalized spacial score (nSPS) is 15.3. The maximum atomic E-state index is 11.7. The van der Waals surface area contributed by atoms with E-state index in [4.69, 9.17) is 4.78 Å². The van der Waals surface area contributed by atoms with Crippen molar-refractivity contribution in [3.8, 4) is 0 Å². The van der Waals surface area contributed by atoms with Gasteiger partial charge in [0.1, 0.15) is 0 Å². The quantitative estimate of drug-likeness (QED) is 0.778. The summed E-state index contributed by atoms with van der Waals surface area (Å²) in [5, 5.41) is 0. The van der Waals surface area contributed by atoms with Crippen LogP contribution in [0.15, 0.2) is 23.1 Å². The molecule has 0 aliphatic carbocycles. The summed E-state index contributed by atoms with van der Waals surface area (Å²) in [7, 11) is -2.54. The van der Waals surface area contributed by atoms with Crippen molar-refractivity contribution in [2.75, 3.05) is 5.75 Å². The highest BCUT2D eigenvalue weighted by Crippen LogP contribution is 2.16. The number of hydrogen-bond acceptors (Lipinski definition) is 2. The average Bonchev–Trinajstić information content (AvgIpc) is 2.09. The molecule has 0 bridgehead atoms. The zero-order chi connectivity index (χ0) is 10.1. The van der Waals surface area contributed by atoms with Crippen LogP contribution in [0.5, 0.6) is 0 Å². The summed E-state index contributed by atoms with van der Waals surface area (Å²) in [5.41, 5.74) is 2.28.